The van der Waals surface area contributed by atoms with Gasteiger partial charge < -0.3 is 10.6 Å². The number of benzene rings is 2. The van der Waals surface area contributed by atoms with Gasteiger partial charge in [-0.15, -0.1) is 0 Å². The van der Waals surface area contributed by atoms with Gasteiger partial charge in [0.2, 0.25) is 11.8 Å². The highest BCUT2D eigenvalue weighted by Crippen LogP contribution is 2.27. The number of carbonyl (C=O) groups excluding carboxylic acids is 2. The number of carbonyl (C=O) groups is 2. The lowest BCUT2D eigenvalue weighted by Crippen LogP contribution is -2.29. The van der Waals surface area contributed by atoms with Crippen molar-refractivity contribution in [3.05, 3.63) is 63.9 Å². The number of rotatable bonds is 6. The first-order valence-corrected chi connectivity index (χ1v) is 8.30. The number of hydrogen-bond acceptors (Lipinski definition) is 2. The fraction of sp³-hybridized carbons (Fsp3) is 0.263. The molecule has 2 aromatic carbocycles. The quantitative estimate of drug-likeness (QED) is 0.768. The summed E-state index contributed by atoms with van der Waals surface area (Å²) in [4.78, 5) is 23.9. The van der Waals surface area contributed by atoms with E-state index in [1.54, 1.807) is 18.2 Å². The first kappa shape index (κ1) is 18.9. The highest BCUT2D eigenvalue weighted by Gasteiger charge is 2.13. The molecule has 0 aliphatic heterocycles. The van der Waals surface area contributed by atoms with Gasteiger partial charge in [-0.2, -0.15) is 0 Å². The van der Waals surface area contributed by atoms with Crippen LogP contribution in [0.3, 0.4) is 0 Å². The molecule has 2 N–H and O–H groups in total. The van der Waals surface area contributed by atoms with Crippen molar-refractivity contribution in [2.75, 3.05) is 11.9 Å². The molecule has 0 radical (unpaired) electrons. The van der Waals surface area contributed by atoms with Gasteiger partial charge >= 0.3 is 0 Å². The molecule has 0 saturated heterocycles. The largest absolute Gasteiger partial charge is 0.355 e. The molecule has 2 amide bonds. The summed E-state index contributed by atoms with van der Waals surface area (Å²) in [5, 5.41) is 5.80. The monoisotopic (exact) mass is 362 g/mol. The van der Waals surface area contributed by atoms with Crippen LogP contribution < -0.4 is 10.6 Å². The minimum atomic E-state index is -0.423. The molecule has 0 aliphatic rings. The van der Waals surface area contributed by atoms with Gasteiger partial charge in [-0.05, 0) is 55.2 Å². The van der Waals surface area contributed by atoms with Gasteiger partial charge in [0.25, 0.3) is 0 Å². The summed E-state index contributed by atoms with van der Waals surface area (Å²) in [5.41, 5.74) is 3.28. The molecule has 0 heterocycles. The van der Waals surface area contributed by atoms with Gasteiger partial charge in [-0.3, -0.25) is 9.59 Å². The van der Waals surface area contributed by atoms with Gasteiger partial charge in [0.1, 0.15) is 12.2 Å². The van der Waals surface area contributed by atoms with E-state index in [4.69, 9.17) is 11.6 Å². The zero-order valence-corrected chi connectivity index (χ0v) is 14.9. The first-order valence-electron chi connectivity index (χ1n) is 7.93. The van der Waals surface area contributed by atoms with Crippen molar-refractivity contribution in [3.8, 4) is 0 Å². The van der Waals surface area contributed by atoms with E-state index in [9.17, 15) is 14.0 Å². The predicted molar refractivity (Wildman–Crippen MR) is 97.3 cm³/mol. The molecule has 2 rings (SSSR count). The number of halogens is 2. The zero-order valence-electron chi connectivity index (χ0n) is 14.2. The van der Waals surface area contributed by atoms with Crippen LogP contribution in [0, 0.1) is 19.7 Å². The maximum absolute atomic E-state index is 12.8. The number of hydrogen-bond donors (Lipinski definition) is 2. The predicted octanol–water partition coefficient (Wildman–Crippen LogP) is 3.78. The molecular formula is C19H20ClFN2O2. The smallest absolute Gasteiger partial charge is 0.233 e. The van der Waals surface area contributed by atoms with Crippen molar-refractivity contribution in [1.29, 1.82) is 0 Å². The Kier molecular flexibility index (Phi) is 6.53. The van der Waals surface area contributed by atoms with Crippen LogP contribution in [0.1, 0.15) is 23.1 Å². The van der Waals surface area contributed by atoms with Gasteiger partial charge in [0.05, 0.1) is 10.7 Å². The van der Waals surface area contributed by atoms with Gasteiger partial charge in [-0.25, -0.2) is 4.39 Å². The molecule has 0 atom stereocenters. The van der Waals surface area contributed by atoms with E-state index in [-0.39, 0.29) is 18.1 Å². The fourth-order valence-corrected chi connectivity index (χ4v) is 2.83. The van der Waals surface area contributed by atoms with E-state index >= 15 is 0 Å². The van der Waals surface area contributed by atoms with E-state index in [2.05, 4.69) is 10.6 Å². The van der Waals surface area contributed by atoms with Crippen LogP contribution in [0.5, 0.6) is 0 Å². The lowest BCUT2D eigenvalue weighted by atomic mass is 10.1. The Labute approximate surface area is 151 Å². The third kappa shape index (κ3) is 5.87. The minimum Gasteiger partial charge on any atom is -0.355 e. The fourth-order valence-electron chi connectivity index (χ4n) is 2.46. The van der Waals surface area contributed by atoms with Crippen LogP contribution in [0.15, 0.2) is 36.4 Å². The van der Waals surface area contributed by atoms with Crippen LogP contribution in [0.2, 0.25) is 5.02 Å². The first-order chi connectivity index (χ1) is 11.8. The van der Waals surface area contributed by atoms with E-state index in [0.717, 1.165) is 16.7 Å². The Morgan fingerprint density at radius 3 is 2.40 bits per heavy atom. The maximum Gasteiger partial charge on any atom is 0.233 e. The second kappa shape index (κ2) is 8.62. The van der Waals surface area contributed by atoms with Crippen molar-refractivity contribution >= 4 is 29.1 Å². The number of aryl methyl sites for hydroxylation is 2. The van der Waals surface area contributed by atoms with Gasteiger partial charge in [0.15, 0.2) is 0 Å². The van der Waals surface area contributed by atoms with E-state index < -0.39 is 5.91 Å². The topological polar surface area (TPSA) is 58.2 Å². The van der Waals surface area contributed by atoms with Crippen LogP contribution in [-0.4, -0.2) is 18.4 Å². The maximum atomic E-state index is 12.8. The highest BCUT2D eigenvalue weighted by molar-refractivity contribution is 6.34. The summed E-state index contributed by atoms with van der Waals surface area (Å²) in [6.45, 7) is 4.14. The molecule has 0 bridgehead atoms. The number of nitrogens with one attached hydrogen (secondary N) is 2. The molecule has 0 spiro atoms. The van der Waals surface area contributed by atoms with Crippen molar-refractivity contribution in [2.45, 2.75) is 26.7 Å². The second-order valence-corrected chi connectivity index (χ2v) is 6.30. The van der Waals surface area contributed by atoms with E-state index in [1.807, 2.05) is 19.9 Å². The molecule has 0 aliphatic carbocycles. The Balaban J connectivity index is 1.80. The van der Waals surface area contributed by atoms with Crippen LogP contribution in [0.4, 0.5) is 10.1 Å². The van der Waals surface area contributed by atoms with Crippen molar-refractivity contribution in [2.24, 2.45) is 0 Å². The van der Waals surface area contributed by atoms with Gasteiger partial charge in [-0.1, -0.05) is 29.8 Å². The van der Waals surface area contributed by atoms with E-state index in [0.29, 0.717) is 23.7 Å². The third-order valence-electron chi connectivity index (χ3n) is 3.67. The Morgan fingerprint density at radius 2 is 1.76 bits per heavy atom. The average molecular weight is 363 g/mol. The Hall–Kier alpha value is -2.40. The molecule has 0 unspecified atom stereocenters. The molecule has 6 heteroatoms. The molecule has 25 heavy (non-hydrogen) atoms. The summed E-state index contributed by atoms with van der Waals surface area (Å²) in [7, 11) is 0. The summed E-state index contributed by atoms with van der Waals surface area (Å²) >= 11 is 6.14. The third-order valence-corrected chi connectivity index (χ3v) is 3.96. The second-order valence-electron chi connectivity index (χ2n) is 5.89. The SMILES string of the molecule is Cc1cc(C)c(NC(=O)CC(=O)NCCc2ccc(F)cc2)c(Cl)c1. The van der Waals surface area contributed by atoms with Gasteiger partial charge in [0, 0.05) is 6.54 Å². The van der Waals surface area contributed by atoms with Crippen molar-refractivity contribution in [3.63, 3.8) is 0 Å². The standard InChI is InChI=1S/C19H20ClFN2O2/c1-12-9-13(2)19(16(20)10-12)23-18(25)11-17(24)22-8-7-14-3-5-15(21)6-4-14/h3-6,9-10H,7-8,11H2,1-2H3,(H,22,24)(H,23,25). The highest BCUT2D eigenvalue weighted by atomic mass is 35.5. The molecule has 4 nitrogen and oxygen atoms in total. The molecule has 0 aromatic heterocycles. The molecule has 2 aromatic rings. The number of anilines is 1. The summed E-state index contributed by atoms with van der Waals surface area (Å²) in [5.74, 6) is -1.09. The van der Waals surface area contributed by atoms with Crippen LogP contribution in [-0.2, 0) is 16.0 Å². The zero-order chi connectivity index (χ0) is 18.4. The van der Waals surface area contributed by atoms with Crippen LogP contribution >= 0.6 is 11.6 Å². The van der Waals surface area contributed by atoms with Crippen molar-refractivity contribution < 1.29 is 14.0 Å². The number of amides is 2. The summed E-state index contributed by atoms with van der Waals surface area (Å²) in [6.07, 6.45) is 0.281. The molecule has 132 valence electrons. The Bertz CT molecular complexity index is 752. The van der Waals surface area contributed by atoms with Crippen molar-refractivity contribution in [1.82, 2.24) is 5.32 Å². The molecular weight excluding hydrogens is 343 g/mol. The summed E-state index contributed by atoms with van der Waals surface area (Å²) < 4.78 is 12.8. The van der Waals surface area contributed by atoms with E-state index in [1.165, 1.54) is 12.1 Å². The Morgan fingerprint density at radius 1 is 1.08 bits per heavy atom. The normalized spacial score (nSPS) is 10.4. The average Bonchev–Trinajstić information content (AvgIpc) is 2.52. The minimum absolute atomic E-state index is 0.285. The molecule has 0 saturated carbocycles. The lowest BCUT2D eigenvalue weighted by molar-refractivity contribution is -0.126. The molecule has 0 fully saturated rings. The summed E-state index contributed by atoms with van der Waals surface area (Å²) in [6, 6.07) is 9.74. The lowest BCUT2D eigenvalue weighted by Gasteiger charge is -2.11. The van der Waals surface area contributed by atoms with Crippen LogP contribution in [0.25, 0.3) is 0 Å².